The van der Waals surface area contributed by atoms with Crippen molar-refractivity contribution in [1.82, 2.24) is 4.98 Å². The van der Waals surface area contributed by atoms with Crippen molar-refractivity contribution >= 4 is 27.2 Å². The lowest BCUT2D eigenvalue weighted by Gasteiger charge is -2.22. The van der Waals surface area contributed by atoms with Crippen LogP contribution < -0.4 is 9.62 Å². The number of nitrogens with one attached hydrogen (secondary N) is 1. The highest BCUT2D eigenvalue weighted by molar-refractivity contribution is 7.92. The summed E-state index contributed by atoms with van der Waals surface area (Å²) in [5, 5.41) is 3.21. The predicted octanol–water partition coefficient (Wildman–Crippen LogP) is 4.35. The van der Waals surface area contributed by atoms with Crippen LogP contribution in [0.25, 0.3) is 0 Å². The van der Waals surface area contributed by atoms with Crippen LogP contribution in [0.4, 0.5) is 17.2 Å². The van der Waals surface area contributed by atoms with Crippen LogP contribution in [0.2, 0.25) is 0 Å². The monoisotopic (exact) mass is 367 g/mol. The number of sulfonamides is 1. The van der Waals surface area contributed by atoms with Crippen LogP contribution in [0.3, 0.4) is 0 Å². The largest absolute Gasteiger partial charge is 0.340 e. The van der Waals surface area contributed by atoms with Gasteiger partial charge in [-0.2, -0.15) is 0 Å². The third-order valence-electron chi connectivity index (χ3n) is 4.06. The first-order chi connectivity index (χ1) is 12.5. The Kier molecular flexibility index (Phi) is 5.23. The van der Waals surface area contributed by atoms with Gasteiger partial charge in [0.1, 0.15) is 10.7 Å². The minimum absolute atomic E-state index is 0.165. The lowest BCUT2D eigenvalue weighted by atomic mass is 10.2. The van der Waals surface area contributed by atoms with E-state index in [4.69, 9.17) is 0 Å². The van der Waals surface area contributed by atoms with Gasteiger partial charge in [-0.25, -0.2) is 13.4 Å². The van der Waals surface area contributed by atoms with Gasteiger partial charge >= 0.3 is 0 Å². The zero-order valence-electron chi connectivity index (χ0n) is 14.8. The molecule has 0 aliphatic heterocycles. The Morgan fingerprint density at radius 2 is 1.65 bits per heavy atom. The summed E-state index contributed by atoms with van der Waals surface area (Å²) in [6.07, 6.45) is 1.39. The third kappa shape index (κ3) is 3.70. The molecule has 6 heteroatoms. The van der Waals surface area contributed by atoms with Crippen molar-refractivity contribution < 1.29 is 8.42 Å². The maximum atomic E-state index is 13.0. The average Bonchev–Trinajstić information content (AvgIpc) is 2.65. The molecule has 134 valence electrons. The molecule has 0 amide bonds. The topological polar surface area (TPSA) is 62.3 Å². The number of nitrogens with zero attached hydrogens (tertiary/aromatic N) is 2. The summed E-state index contributed by atoms with van der Waals surface area (Å²) in [7, 11) is -3.66. The Labute approximate surface area is 154 Å². The molecule has 0 aliphatic rings. The minimum atomic E-state index is -3.66. The fourth-order valence-corrected chi connectivity index (χ4v) is 4.09. The first kappa shape index (κ1) is 17.9. The zero-order chi connectivity index (χ0) is 18.6. The zero-order valence-corrected chi connectivity index (χ0v) is 15.6. The van der Waals surface area contributed by atoms with Gasteiger partial charge in [-0.3, -0.25) is 4.31 Å². The third-order valence-corrected chi connectivity index (χ3v) is 5.95. The molecule has 0 atom stereocenters. The van der Waals surface area contributed by atoms with Gasteiger partial charge in [0.15, 0.2) is 0 Å². The Bertz CT molecular complexity index is 971. The molecule has 0 aliphatic carbocycles. The normalized spacial score (nSPS) is 11.2. The quantitative estimate of drug-likeness (QED) is 0.704. The van der Waals surface area contributed by atoms with E-state index in [1.54, 1.807) is 24.3 Å². The van der Waals surface area contributed by atoms with Crippen LogP contribution in [-0.2, 0) is 10.0 Å². The summed E-state index contributed by atoms with van der Waals surface area (Å²) in [4.78, 5) is 4.44. The smallest absolute Gasteiger partial charge is 0.265 e. The Morgan fingerprint density at radius 3 is 2.27 bits per heavy atom. The highest BCUT2D eigenvalue weighted by Gasteiger charge is 2.23. The molecule has 2 aromatic carbocycles. The Balaban J connectivity index is 1.86. The molecule has 1 N–H and O–H groups in total. The number of benzene rings is 2. The molecule has 0 fully saturated rings. The van der Waals surface area contributed by atoms with Gasteiger partial charge in [0, 0.05) is 18.4 Å². The summed E-state index contributed by atoms with van der Waals surface area (Å²) < 4.78 is 27.3. The number of hydrogen-bond acceptors (Lipinski definition) is 4. The molecule has 3 rings (SSSR count). The number of anilines is 3. The molecular weight excluding hydrogens is 346 g/mol. The highest BCUT2D eigenvalue weighted by atomic mass is 32.2. The lowest BCUT2D eigenvalue weighted by Crippen LogP contribution is -2.30. The molecule has 0 radical (unpaired) electrons. The van der Waals surface area contributed by atoms with Crippen molar-refractivity contribution in [3.05, 3.63) is 78.5 Å². The molecule has 0 bridgehead atoms. The fourth-order valence-electron chi connectivity index (χ4n) is 2.67. The van der Waals surface area contributed by atoms with Crippen molar-refractivity contribution in [2.24, 2.45) is 0 Å². The number of hydrogen-bond donors (Lipinski definition) is 1. The molecule has 1 aromatic heterocycles. The summed E-state index contributed by atoms with van der Waals surface area (Å²) in [5.74, 6) is 0.598. The molecule has 1 heterocycles. The van der Waals surface area contributed by atoms with Crippen LogP contribution in [0.5, 0.6) is 0 Å². The van der Waals surface area contributed by atoms with Gasteiger partial charge in [-0.1, -0.05) is 36.4 Å². The summed E-state index contributed by atoms with van der Waals surface area (Å²) in [5.41, 5.74) is 2.67. The number of aromatic nitrogens is 1. The first-order valence-corrected chi connectivity index (χ1v) is 9.83. The first-order valence-electron chi connectivity index (χ1n) is 8.39. The van der Waals surface area contributed by atoms with Gasteiger partial charge in [0.05, 0.1) is 5.69 Å². The molecule has 5 nitrogen and oxygen atoms in total. The van der Waals surface area contributed by atoms with Crippen molar-refractivity contribution in [3.8, 4) is 0 Å². The summed E-state index contributed by atoms with van der Waals surface area (Å²) in [6, 6.07) is 20.2. The number of aryl methyl sites for hydroxylation is 1. The molecule has 0 saturated carbocycles. The van der Waals surface area contributed by atoms with Gasteiger partial charge < -0.3 is 5.32 Å². The van der Waals surface area contributed by atoms with Crippen molar-refractivity contribution in [3.63, 3.8) is 0 Å². The summed E-state index contributed by atoms with van der Waals surface area (Å²) in [6.45, 7) is 4.15. The van der Waals surface area contributed by atoms with Crippen molar-refractivity contribution in [2.75, 3.05) is 16.2 Å². The van der Waals surface area contributed by atoms with E-state index in [2.05, 4.69) is 10.3 Å². The predicted molar refractivity (Wildman–Crippen MR) is 105 cm³/mol. The number of pyridine rings is 1. The molecule has 0 unspecified atom stereocenters. The molecule has 0 spiro atoms. The highest BCUT2D eigenvalue weighted by Crippen LogP contribution is 2.24. The van der Waals surface area contributed by atoms with E-state index in [0.29, 0.717) is 18.1 Å². The van der Waals surface area contributed by atoms with Crippen LogP contribution >= 0.6 is 0 Å². The van der Waals surface area contributed by atoms with Crippen molar-refractivity contribution in [2.45, 2.75) is 18.7 Å². The molecular formula is C20H21N3O2S. The maximum Gasteiger partial charge on any atom is 0.265 e. The minimum Gasteiger partial charge on any atom is -0.340 e. The summed E-state index contributed by atoms with van der Waals surface area (Å²) >= 11 is 0. The lowest BCUT2D eigenvalue weighted by molar-refractivity contribution is 0.591. The van der Waals surface area contributed by atoms with Crippen LogP contribution in [0, 0.1) is 6.92 Å². The van der Waals surface area contributed by atoms with E-state index in [1.807, 2.05) is 56.3 Å². The van der Waals surface area contributed by atoms with E-state index in [1.165, 1.54) is 10.5 Å². The second kappa shape index (κ2) is 7.58. The van der Waals surface area contributed by atoms with Crippen LogP contribution in [-0.4, -0.2) is 19.9 Å². The Hall–Kier alpha value is -2.86. The SMILES string of the molecule is CCN(c1ccccc1)S(=O)(=O)c1ccc(Nc2ccccc2C)nc1. The van der Waals surface area contributed by atoms with Gasteiger partial charge in [-0.15, -0.1) is 0 Å². The number of para-hydroxylation sites is 2. The van der Waals surface area contributed by atoms with Crippen molar-refractivity contribution in [1.29, 1.82) is 0 Å². The molecule has 26 heavy (non-hydrogen) atoms. The standard InChI is InChI=1S/C20H21N3O2S/c1-3-23(17-10-5-4-6-11-17)26(24,25)18-13-14-20(21-15-18)22-19-12-8-7-9-16(19)2/h4-15H,3H2,1-2H3,(H,21,22). The van der Waals surface area contributed by atoms with E-state index in [9.17, 15) is 8.42 Å². The molecule has 0 saturated heterocycles. The van der Waals surface area contributed by atoms with Gasteiger partial charge in [0.25, 0.3) is 10.0 Å². The second-order valence-electron chi connectivity index (χ2n) is 5.82. The number of rotatable bonds is 6. The van der Waals surface area contributed by atoms with Crippen LogP contribution in [0.1, 0.15) is 12.5 Å². The van der Waals surface area contributed by atoms with Gasteiger partial charge in [0.2, 0.25) is 0 Å². The van der Waals surface area contributed by atoms with E-state index in [0.717, 1.165) is 11.3 Å². The van der Waals surface area contributed by atoms with Crippen LogP contribution in [0.15, 0.2) is 77.8 Å². The van der Waals surface area contributed by atoms with E-state index in [-0.39, 0.29) is 4.90 Å². The average molecular weight is 367 g/mol. The van der Waals surface area contributed by atoms with Gasteiger partial charge in [-0.05, 0) is 49.7 Å². The molecule has 3 aromatic rings. The van der Waals surface area contributed by atoms with E-state index >= 15 is 0 Å². The fraction of sp³-hybridized carbons (Fsp3) is 0.150. The second-order valence-corrected chi connectivity index (χ2v) is 7.69. The maximum absolute atomic E-state index is 13.0. The van der Waals surface area contributed by atoms with E-state index < -0.39 is 10.0 Å². The Morgan fingerprint density at radius 1 is 0.962 bits per heavy atom.